The number of carbonyl (C=O) groups excluding carboxylic acids is 1. The molecule has 70 valence electrons. The molecular weight excluding hydrogens is 214 g/mol. The number of ketones is 1. The molecule has 0 radical (unpaired) electrons. The molecule has 1 aromatic rings. The normalized spacial score (nSPS) is 10.1. The van der Waals surface area contributed by atoms with Gasteiger partial charge in [0.1, 0.15) is 5.82 Å². The van der Waals surface area contributed by atoms with Gasteiger partial charge in [-0.25, -0.2) is 4.39 Å². The minimum Gasteiger partial charge on any atom is -0.298 e. The predicted octanol–water partition coefficient (Wildman–Crippen LogP) is 2.83. The van der Waals surface area contributed by atoms with Crippen molar-refractivity contribution >= 4 is 29.0 Å². The zero-order valence-corrected chi connectivity index (χ0v) is 8.20. The van der Waals surface area contributed by atoms with E-state index in [9.17, 15) is 9.18 Å². The van der Waals surface area contributed by atoms with Crippen LogP contribution in [0.4, 0.5) is 4.39 Å². The van der Waals surface area contributed by atoms with E-state index in [1.165, 1.54) is 12.1 Å². The van der Waals surface area contributed by atoms with Gasteiger partial charge < -0.3 is 0 Å². The van der Waals surface area contributed by atoms with Crippen molar-refractivity contribution in [1.82, 2.24) is 0 Å². The van der Waals surface area contributed by atoms with E-state index in [0.29, 0.717) is 0 Å². The molecule has 0 bridgehead atoms. The second-order valence-electron chi connectivity index (χ2n) is 2.56. The first kappa shape index (κ1) is 10.5. The smallest absolute Gasteiger partial charge is 0.152 e. The summed E-state index contributed by atoms with van der Waals surface area (Å²) in [6.45, 7) is 0. The number of halogens is 3. The molecule has 0 amide bonds. The summed E-state index contributed by atoms with van der Waals surface area (Å²) in [5.74, 6) is -0.864. The Hall–Kier alpha value is -0.600. The third-order valence-corrected chi connectivity index (χ3v) is 2.16. The molecule has 0 aliphatic heterocycles. The van der Waals surface area contributed by atoms with E-state index in [0.717, 1.165) is 0 Å². The minimum atomic E-state index is -0.539. The van der Waals surface area contributed by atoms with Crippen LogP contribution in [0.1, 0.15) is 5.56 Å². The Morgan fingerprint density at radius 3 is 2.77 bits per heavy atom. The minimum absolute atomic E-state index is 0.00407. The lowest BCUT2D eigenvalue weighted by atomic mass is 10.1. The molecule has 1 rings (SSSR count). The van der Waals surface area contributed by atoms with Crippen LogP contribution in [0.3, 0.4) is 0 Å². The van der Waals surface area contributed by atoms with Gasteiger partial charge in [0.2, 0.25) is 0 Å². The maximum atomic E-state index is 13.2. The summed E-state index contributed by atoms with van der Waals surface area (Å²) in [5.41, 5.74) is 0.290. The third-order valence-electron chi connectivity index (χ3n) is 1.57. The van der Waals surface area contributed by atoms with Crippen LogP contribution in [0.15, 0.2) is 18.2 Å². The number of hydrogen-bond donors (Lipinski definition) is 0. The quantitative estimate of drug-likeness (QED) is 0.717. The van der Waals surface area contributed by atoms with Gasteiger partial charge >= 0.3 is 0 Å². The Morgan fingerprint density at radius 2 is 2.15 bits per heavy atom. The number of Topliss-reactive ketones (excluding diaryl/α,β-unsaturated/α-hetero) is 1. The van der Waals surface area contributed by atoms with E-state index >= 15 is 0 Å². The van der Waals surface area contributed by atoms with Crippen LogP contribution in [0.25, 0.3) is 0 Å². The van der Waals surface area contributed by atoms with Crippen LogP contribution in [0.2, 0.25) is 5.02 Å². The highest BCUT2D eigenvalue weighted by atomic mass is 35.5. The lowest BCUT2D eigenvalue weighted by Crippen LogP contribution is -2.05. The van der Waals surface area contributed by atoms with Crippen molar-refractivity contribution in [3.05, 3.63) is 34.6 Å². The summed E-state index contributed by atoms with van der Waals surface area (Å²) >= 11 is 10.8. The molecule has 0 heterocycles. The van der Waals surface area contributed by atoms with Gasteiger partial charge in [-0.05, 0) is 11.6 Å². The van der Waals surface area contributed by atoms with Crippen LogP contribution in [-0.2, 0) is 11.2 Å². The van der Waals surface area contributed by atoms with Gasteiger partial charge in [-0.15, -0.1) is 11.6 Å². The SMILES string of the molecule is O=C(CCl)Cc1cccc(Cl)c1F. The monoisotopic (exact) mass is 220 g/mol. The summed E-state index contributed by atoms with van der Waals surface area (Å²) in [4.78, 5) is 10.9. The summed E-state index contributed by atoms with van der Waals surface area (Å²) in [6.07, 6.45) is -0.00407. The average molecular weight is 221 g/mol. The van der Waals surface area contributed by atoms with Crippen LogP contribution in [0.5, 0.6) is 0 Å². The van der Waals surface area contributed by atoms with Gasteiger partial charge in [-0.3, -0.25) is 4.79 Å². The van der Waals surface area contributed by atoms with Crippen molar-refractivity contribution in [1.29, 1.82) is 0 Å². The van der Waals surface area contributed by atoms with Gasteiger partial charge in [0.05, 0.1) is 10.9 Å². The topological polar surface area (TPSA) is 17.1 Å². The first-order valence-corrected chi connectivity index (χ1v) is 4.57. The Bertz CT molecular complexity index is 325. The highest BCUT2D eigenvalue weighted by molar-refractivity contribution is 6.31. The molecule has 0 N–H and O–H groups in total. The molecule has 1 aromatic carbocycles. The van der Waals surface area contributed by atoms with Crippen molar-refractivity contribution in [2.75, 3.05) is 5.88 Å². The second kappa shape index (κ2) is 4.58. The molecule has 0 spiro atoms. The van der Waals surface area contributed by atoms with E-state index in [2.05, 4.69) is 0 Å². The third kappa shape index (κ3) is 2.68. The molecule has 0 aliphatic rings. The van der Waals surface area contributed by atoms with Crippen molar-refractivity contribution in [3.63, 3.8) is 0 Å². The van der Waals surface area contributed by atoms with Crippen LogP contribution in [0, 0.1) is 5.82 Å². The summed E-state index contributed by atoms with van der Waals surface area (Å²) in [6, 6.07) is 4.56. The van der Waals surface area contributed by atoms with E-state index in [4.69, 9.17) is 23.2 Å². The van der Waals surface area contributed by atoms with Gasteiger partial charge in [0.25, 0.3) is 0 Å². The zero-order valence-electron chi connectivity index (χ0n) is 6.69. The maximum absolute atomic E-state index is 13.2. The number of carbonyl (C=O) groups is 1. The lowest BCUT2D eigenvalue weighted by Gasteiger charge is -2.01. The Balaban J connectivity index is 2.89. The van der Waals surface area contributed by atoms with Crippen LogP contribution >= 0.6 is 23.2 Å². The summed E-state index contributed by atoms with van der Waals surface area (Å²) in [5, 5.41) is 0.0277. The average Bonchev–Trinajstić information content (AvgIpc) is 2.13. The first-order chi connectivity index (χ1) is 6.15. The molecule has 0 aromatic heterocycles. The maximum Gasteiger partial charge on any atom is 0.152 e. The highest BCUT2D eigenvalue weighted by Gasteiger charge is 2.09. The van der Waals surface area contributed by atoms with Crippen molar-refractivity contribution < 1.29 is 9.18 Å². The van der Waals surface area contributed by atoms with E-state index in [1.807, 2.05) is 0 Å². The molecule has 0 saturated heterocycles. The fourth-order valence-corrected chi connectivity index (χ4v) is 1.23. The Morgan fingerprint density at radius 1 is 1.46 bits per heavy atom. The van der Waals surface area contributed by atoms with Crippen LogP contribution < -0.4 is 0 Å². The highest BCUT2D eigenvalue weighted by Crippen LogP contribution is 2.18. The van der Waals surface area contributed by atoms with E-state index < -0.39 is 5.82 Å². The largest absolute Gasteiger partial charge is 0.298 e. The number of rotatable bonds is 3. The number of hydrogen-bond acceptors (Lipinski definition) is 1. The van der Waals surface area contributed by atoms with Crippen LogP contribution in [-0.4, -0.2) is 11.7 Å². The summed E-state index contributed by atoms with van der Waals surface area (Å²) < 4.78 is 13.2. The molecule has 0 fully saturated rings. The second-order valence-corrected chi connectivity index (χ2v) is 3.24. The summed E-state index contributed by atoms with van der Waals surface area (Å²) in [7, 11) is 0. The first-order valence-electron chi connectivity index (χ1n) is 3.65. The number of benzene rings is 1. The predicted molar refractivity (Wildman–Crippen MR) is 50.8 cm³/mol. The van der Waals surface area contributed by atoms with Crippen molar-refractivity contribution in [2.45, 2.75) is 6.42 Å². The molecule has 0 atom stereocenters. The Kier molecular flexibility index (Phi) is 3.70. The van der Waals surface area contributed by atoms with Gasteiger partial charge in [0.15, 0.2) is 5.78 Å². The van der Waals surface area contributed by atoms with E-state index in [1.54, 1.807) is 6.07 Å². The fraction of sp³-hybridized carbons (Fsp3) is 0.222. The molecule has 0 unspecified atom stereocenters. The van der Waals surface area contributed by atoms with E-state index in [-0.39, 0.29) is 28.7 Å². The molecule has 0 aliphatic carbocycles. The van der Waals surface area contributed by atoms with Crippen molar-refractivity contribution in [2.24, 2.45) is 0 Å². The molecule has 4 heteroatoms. The lowest BCUT2D eigenvalue weighted by molar-refractivity contribution is -0.116. The zero-order chi connectivity index (χ0) is 9.84. The Labute approximate surface area is 85.5 Å². The van der Waals surface area contributed by atoms with Gasteiger partial charge in [-0.2, -0.15) is 0 Å². The van der Waals surface area contributed by atoms with Gasteiger partial charge in [0, 0.05) is 6.42 Å². The molecule has 0 saturated carbocycles. The molecule has 13 heavy (non-hydrogen) atoms. The molecule has 1 nitrogen and oxygen atoms in total. The number of alkyl halides is 1. The fourth-order valence-electron chi connectivity index (χ4n) is 0.945. The van der Waals surface area contributed by atoms with Gasteiger partial charge in [-0.1, -0.05) is 23.7 Å². The standard InChI is InChI=1S/C9H7Cl2FO/c10-5-7(13)4-6-2-1-3-8(11)9(6)12/h1-3H,4-5H2. The van der Waals surface area contributed by atoms with Crippen molar-refractivity contribution in [3.8, 4) is 0 Å². The molecular formula is C9H7Cl2FO.